The van der Waals surface area contributed by atoms with Gasteiger partial charge in [-0.25, -0.2) is 18.7 Å². The summed E-state index contributed by atoms with van der Waals surface area (Å²) in [5.41, 5.74) is 2.32. The number of rotatable bonds is 6. The molecule has 2 aromatic heterocycles. The van der Waals surface area contributed by atoms with Crippen LogP contribution in [0, 0.1) is 18.6 Å². The molecular formula is C26H27F2N7O2. The van der Waals surface area contributed by atoms with Crippen LogP contribution in [0.15, 0.2) is 42.7 Å². The Balaban J connectivity index is 1.49. The predicted molar refractivity (Wildman–Crippen MR) is 138 cm³/mol. The van der Waals surface area contributed by atoms with E-state index in [0.29, 0.717) is 35.4 Å². The summed E-state index contributed by atoms with van der Waals surface area (Å²) in [6.07, 6.45) is 1.20. The molecule has 9 nitrogen and oxygen atoms in total. The van der Waals surface area contributed by atoms with Crippen LogP contribution in [0.4, 0.5) is 26.0 Å². The predicted octanol–water partition coefficient (Wildman–Crippen LogP) is 4.19. The number of anilines is 3. The molecule has 1 fully saturated rings. The highest BCUT2D eigenvalue weighted by Gasteiger charge is 2.25. The summed E-state index contributed by atoms with van der Waals surface area (Å²) in [5, 5.41) is 6.61. The Labute approximate surface area is 212 Å². The van der Waals surface area contributed by atoms with Crippen molar-refractivity contribution in [2.24, 2.45) is 0 Å². The molecule has 11 heteroatoms. The lowest BCUT2D eigenvalue weighted by atomic mass is 10.2. The average molecular weight is 508 g/mol. The molecule has 1 aliphatic heterocycles. The van der Waals surface area contributed by atoms with Crippen molar-refractivity contribution in [3.8, 4) is 11.6 Å². The highest BCUT2D eigenvalue weighted by atomic mass is 19.1. The molecule has 37 heavy (non-hydrogen) atoms. The van der Waals surface area contributed by atoms with Gasteiger partial charge in [-0.1, -0.05) is 0 Å². The molecule has 0 saturated carbocycles. The topological polar surface area (TPSA) is 98.4 Å². The van der Waals surface area contributed by atoms with Crippen molar-refractivity contribution in [3.63, 3.8) is 0 Å². The summed E-state index contributed by atoms with van der Waals surface area (Å²) in [6.45, 7) is 4.83. The fourth-order valence-electron chi connectivity index (χ4n) is 4.31. The van der Waals surface area contributed by atoms with Gasteiger partial charge in [-0.2, -0.15) is 0 Å². The number of piperazine rings is 1. The van der Waals surface area contributed by atoms with Crippen LogP contribution in [0.2, 0.25) is 0 Å². The van der Waals surface area contributed by atoms with Crippen molar-refractivity contribution in [2.75, 3.05) is 50.5 Å². The van der Waals surface area contributed by atoms with Crippen LogP contribution >= 0.6 is 0 Å². The van der Waals surface area contributed by atoms with Crippen molar-refractivity contribution in [2.45, 2.75) is 6.92 Å². The van der Waals surface area contributed by atoms with E-state index in [2.05, 4.69) is 25.6 Å². The van der Waals surface area contributed by atoms with E-state index in [1.807, 2.05) is 11.8 Å². The Morgan fingerprint density at radius 1 is 1.11 bits per heavy atom. The van der Waals surface area contributed by atoms with Gasteiger partial charge in [0.25, 0.3) is 5.91 Å². The first-order chi connectivity index (χ1) is 17.8. The lowest BCUT2D eigenvalue weighted by molar-refractivity contribution is 0.0825. The number of hydrogen-bond donors (Lipinski definition) is 3. The van der Waals surface area contributed by atoms with Gasteiger partial charge >= 0.3 is 0 Å². The molecule has 3 N–H and O–H groups in total. The summed E-state index contributed by atoms with van der Waals surface area (Å²) >= 11 is 0. The average Bonchev–Trinajstić information content (AvgIpc) is 3.27. The van der Waals surface area contributed by atoms with E-state index in [-0.39, 0.29) is 23.0 Å². The quantitative estimate of drug-likeness (QED) is 0.360. The van der Waals surface area contributed by atoms with Crippen LogP contribution in [-0.2, 0) is 0 Å². The second-order valence-electron chi connectivity index (χ2n) is 9.02. The molecule has 4 aromatic rings. The third kappa shape index (κ3) is 4.90. The Morgan fingerprint density at radius 3 is 2.62 bits per heavy atom. The van der Waals surface area contributed by atoms with Crippen LogP contribution in [0.3, 0.4) is 0 Å². The fourth-order valence-corrected chi connectivity index (χ4v) is 4.31. The molecule has 192 valence electrons. The monoisotopic (exact) mass is 507 g/mol. The Morgan fingerprint density at radius 2 is 1.89 bits per heavy atom. The zero-order valence-corrected chi connectivity index (χ0v) is 20.7. The number of nitrogens with one attached hydrogen (secondary N) is 3. The third-order valence-corrected chi connectivity index (χ3v) is 6.14. The van der Waals surface area contributed by atoms with Gasteiger partial charge in [-0.3, -0.25) is 4.79 Å². The molecule has 0 bridgehead atoms. The van der Waals surface area contributed by atoms with Gasteiger partial charge in [0.05, 0.1) is 5.69 Å². The molecule has 3 heterocycles. The van der Waals surface area contributed by atoms with Gasteiger partial charge in [0.15, 0.2) is 17.4 Å². The second kappa shape index (κ2) is 10.0. The van der Waals surface area contributed by atoms with Crippen molar-refractivity contribution in [1.82, 2.24) is 25.2 Å². The second-order valence-corrected chi connectivity index (χ2v) is 9.02. The van der Waals surface area contributed by atoms with Crippen LogP contribution in [-0.4, -0.2) is 66.0 Å². The van der Waals surface area contributed by atoms with E-state index < -0.39 is 17.5 Å². The number of H-pyrrole nitrogens is 1. The van der Waals surface area contributed by atoms with Crippen LogP contribution in [0.25, 0.3) is 10.9 Å². The SMILES string of the molecule is Cc1cc2c(F)c(Oc3ncnc(Nc4ccc(N5CCNCC5)c(F)c4)c3C(=O)N(C)C)ccc2[nH]1. The van der Waals surface area contributed by atoms with E-state index in [1.54, 1.807) is 38.4 Å². The first-order valence-corrected chi connectivity index (χ1v) is 11.9. The van der Waals surface area contributed by atoms with Gasteiger partial charge in [0.2, 0.25) is 5.88 Å². The smallest absolute Gasteiger partial charge is 0.262 e. The Hall–Kier alpha value is -4.25. The van der Waals surface area contributed by atoms with Crippen molar-refractivity contribution < 1.29 is 18.3 Å². The maximum atomic E-state index is 15.2. The minimum atomic E-state index is -0.580. The minimum absolute atomic E-state index is 0.0103. The van der Waals surface area contributed by atoms with Crippen LogP contribution in [0.5, 0.6) is 11.6 Å². The Kier molecular flexibility index (Phi) is 6.62. The molecule has 0 atom stereocenters. The maximum absolute atomic E-state index is 15.2. The summed E-state index contributed by atoms with van der Waals surface area (Å²) < 4.78 is 36.0. The lowest BCUT2D eigenvalue weighted by Crippen LogP contribution is -2.43. The van der Waals surface area contributed by atoms with Gasteiger partial charge in [0.1, 0.15) is 17.7 Å². The summed E-state index contributed by atoms with van der Waals surface area (Å²) in [7, 11) is 3.14. The van der Waals surface area contributed by atoms with E-state index >= 15 is 4.39 Å². The fraction of sp³-hybridized carbons (Fsp3) is 0.269. The number of nitrogens with zero attached hydrogens (tertiary/aromatic N) is 4. The number of hydrogen-bond acceptors (Lipinski definition) is 7. The highest BCUT2D eigenvalue weighted by Crippen LogP contribution is 2.34. The lowest BCUT2D eigenvalue weighted by Gasteiger charge is -2.29. The molecule has 0 unspecified atom stereocenters. The number of ether oxygens (including phenoxy) is 1. The zero-order chi connectivity index (χ0) is 26.1. The van der Waals surface area contributed by atoms with E-state index in [1.165, 1.54) is 23.4 Å². The summed E-state index contributed by atoms with van der Waals surface area (Å²) in [4.78, 5) is 27.8. The number of carbonyl (C=O) groups is 1. The van der Waals surface area contributed by atoms with Crippen molar-refractivity contribution in [3.05, 3.63) is 65.6 Å². The number of aromatic amines is 1. The number of benzene rings is 2. The summed E-state index contributed by atoms with van der Waals surface area (Å²) in [5.74, 6) is -1.54. The summed E-state index contributed by atoms with van der Waals surface area (Å²) in [6, 6.07) is 9.60. The largest absolute Gasteiger partial charge is 0.435 e. The maximum Gasteiger partial charge on any atom is 0.262 e. The van der Waals surface area contributed by atoms with E-state index in [4.69, 9.17) is 4.74 Å². The Bertz CT molecular complexity index is 1470. The first kappa shape index (κ1) is 24.4. The molecule has 0 spiro atoms. The number of carbonyl (C=O) groups excluding carboxylic acids is 1. The normalized spacial score (nSPS) is 13.6. The number of fused-ring (bicyclic) bond motifs is 1. The first-order valence-electron chi connectivity index (χ1n) is 11.9. The molecule has 0 radical (unpaired) electrons. The molecular weight excluding hydrogens is 480 g/mol. The van der Waals surface area contributed by atoms with E-state index in [9.17, 15) is 9.18 Å². The number of aromatic nitrogens is 3. The number of amides is 1. The molecule has 2 aromatic carbocycles. The third-order valence-electron chi connectivity index (χ3n) is 6.14. The standard InChI is InChI=1S/C26H27F2N7O2/c1-15-12-17-19(32-15)5-7-21(23(17)28)37-25-22(26(36)34(2)3)24(30-14-31-25)33-16-4-6-20(18(27)13-16)35-10-8-29-9-11-35/h4-7,12-14,29,32H,8-11H2,1-3H3,(H,30,31,33). The minimum Gasteiger partial charge on any atom is -0.435 e. The van der Waals surface area contributed by atoms with Crippen molar-refractivity contribution in [1.29, 1.82) is 0 Å². The number of aryl methyl sites for hydroxylation is 1. The molecule has 0 aliphatic carbocycles. The van der Waals surface area contributed by atoms with Crippen LogP contribution < -0.4 is 20.3 Å². The molecule has 1 aliphatic rings. The zero-order valence-electron chi connectivity index (χ0n) is 20.7. The van der Waals surface area contributed by atoms with Gasteiger partial charge < -0.3 is 30.2 Å². The van der Waals surface area contributed by atoms with E-state index in [0.717, 1.165) is 18.8 Å². The van der Waals surface area contributed by atoms with Gasteiger partial charge in [-0.15, -0.1) is 0 Å². The molecule has 1 amide bonds. The van der Waals surface area contributed by atoms with Crippen molar-refractivity contribution >= 4 is 34.0 Å². The van der Waals surface area contributed by atoms with Gasteiger partial charge in [0, 0.05) is 62.6 Å². The van der Waals surface area contributed by atoms with Crippen LogP contribution in [0.1, 0.15) is 16.1 Å². The highest BCUT2D eigenvalue weighted by molar-refractivity contribution is 6.01. The van der Waals surface area contributed by atoms with Gasteiger partial charge in [-0.05, 0) is 43.3 Å². The molecule has 1 saturated heterocycles. The number of halogens is 2. The molecule has 5 rings (SSSR count).